The Hall–Kier alpha value is -2.08. The van der Waals surface area contributed by atoms with Crippen molar-refractivity contribution in [2.24, 2.45) is 11.3 Å². The van der Waals surface area contributed by atoms with E-state index in [-0.39, 0.29) is 23.3 Å². The van der Waals surface area contributed by atoms with Crippen LogP contribution in [0.3, 0.4) is 0 Å². The number of rotatable bonds is 2. The summed E-state index contributed by atoms with van der Waals surface area (Å²) in [5, 5.41) is 6.30. The Kier molecular flexibility index (Phi) is 8.87. The summed E-state index contributed by atoms with van der Waals surface area (Å²) in [6.45, 7) is 6.25. The molecular formula is C28H43N3O3. The van der Waals surface area contributed by atoms with Gasteiger partial charge in [0, 0.05) is 13.1 Å². The number of hydrogen-bond acceptors (Lipinski definition) is 4. The second-order valence-corrected chi connectivity index (χ2v) is 10.8. The summed E-state index contributed by atoms with van der Waals surface area (Å²) in [5.41, 5.74) is 0.274. The standard InChI is InChI=1S/C28H43N3O3/c1-22-21-34-25-13-7-6-12-24(25)26(32)29-17-9-3-8-14-28(27(33)30-22)15-18-31(19-16-28)20-23-10-4-2-5-11-23/h6-7,12-13,22-23H,2-5,8-11,14-21H2,1H3,(H,29,32)(H,30,33)/t22-/m0/s1. The number of ether oxygens (including phenoxy) is 1. The first-order chi connectivity index (χ1) is 16.6. The Balaban J connectivity index is 1.39. The third-order valence-corrected chi connectivity index (χ3v) is 8.15. The second kappa shape index (κ2) is 12.1. The molecule has 1 saturated carbocycles. The maximum atomic E-state index is 13.6. The van der Waals surface area contributed by atoms with E-state index in [9.17, 15) is 9.59 Å². The zero-order valence-electron chi connectivity index (χ0n) is 20.9. The molecule has 1 aromatic rings. The van der Waals surface area contributed by atoms with Gasteiger partial charge in [-0.15, -0.1) is 0 Å². The molecule has 1 saturated heterocycles. The molecule has 2 amide bonds. The van der Waals surface area contributed by atoms with E-state index < -0.39 is 0 Å². The largest absolute Gasteiger partial charge is 0.491 e. The number of nitrogens with one attached hydrogen (secondary N) is 2. The first-order valence-electron chi connectivity index (χ1n) is 13.6. The molecule has 3 aliphatic rings. The fourth-order valence-electron chi connectivity index (χ4n) is 5.96. The van der Waals surface area contributed by atoms with E-state index in [2.05, 4.69) is 15.5 Å². The molecule has 2 fully saturated rings. The number of amides is 2. The van der Waals surface area contributed by atoms with Gasteiger partial charge in [0.15, 0.2) is 0 Å². The molecule has 1 atom stereocenters. The van der Waals surface area contributed by atoms with Gasteiger partial charge >= 0.3 is 0 Å². The first-order valence-corrected chi connectivity index (χ1v) is 13.6. The van der Waals surface area contributed by atoms with Crippen LogP contribution in [0.2, 0.25) is 0 Å². The van der Waals surface area contributed by atoms with E-state index in [0.29, 0.717) is 24.5 Å². The summed E-state index contributed by atoms with van der Waals surface area (Å²) >= 11 is 0. The van der Waals surface area contributed by atoms with Gasteiger partial charge in [0.05, 0.1) is 17.0 Å². The maximum Gasteiger partial charge on any atom is 0.255 e. The molecule has 188 valence electrons. The van der Waals surface area contributed by atoms with Crippen LogP contribution in [0, 0.1) is 11.3 Å². The highest BCUT2D eigenvalue weighted by Crippen LogP contribution is 2.38. The minimum Gasteiger partial charge on any atom is -0.491 e. The molecule has 0 radical (unpaired) electrons. The van der Waals surface area contributed by atoms with Crippen LogP contribution in [-0.2, 0) is 4.79 Å². The predicted octanol–water partition coefficient (Wildman–Crippen LogP) is 4.54. The van der Waals surface area contributed by atoms with Gasteiger partial charge in [0.25, 0.3) is 5.91 Å². The highest BCUT2D eigenvalue weighted by Gasteiger charge is 2.41. The van der Waals surface area contributed by atoms with Gasteiger partial charge in [0.1, 0.15) is 12.4 Å². The Morgan fingerprint density at radius 2 is 1.71 bits per heavy atom. The molecule has 1 spiro atoms. The summed E-state index contributed by atoms with van der Waals surface area (Å²) in [6, 6.07) is 7.23. The number of carbonyl (C=O) groups is 2. The highest BCUT2D eigenvalue weighted by atomic mass is 16.5. The molecule has 0 aromatic heterocycles. The van der Waals surface area contributed by atoms with E-state index in [0.717, 1.165) is 57.5 Å². The lowest BCUT2D eigenvalue weighted by Crippen LogP contribution is -2.52. The van der Waals surface area contributed by atoms with Crippen molar-refractivity contribution in [3.63, 3.8) is 0 Å². The van der Waals surface area contributed by atoms with Crippen LogP contribution >= 0.6 is 0 Å². The molecule has 6 nitrogen and oxygen atoms in total. The Morgan fingerprint density at radius 3 is 2.50 bits per heavy atom. The normalized spacial score (nSPS) is 25.9. The van der Waals surface area contributed by atoms with Gasteiger partial charge in [-0.3, -0.25) is 9.59 Å². The monoisotopic (exact) mass is 469 g/mol. The fraction of sp³-hybridized carbons (Fsp3) is 0.714. The Labute approximate surface area is 205 Å². The summed E-state index contributed by atoms with van der Waals surface area (Å²) in [6.07, 6.45) is 12.7. The van der Waals surface area contributed by atoms with Crippen molar-refractivity contribution in [2.45, 2.75) is 83.6 Å². The third-order valence-electron chi connectivity index (χ3n) is 8.15. The molecule has 0 bridgehead atoms. The first kappa shape index (κ1) is 25.0. The average molecular weight is 470 g/mol. The topological polar surface area (TPSA) is 70.7 Å². The van der Waals surface area contributed by atoms with Gasteiger partial charge < -0.3 is 20.3 Å². The number of piperidine rings is 1. The molecule has 0 unspecified atom stereocenters. The van der Waals surface area contributed by atoms with Crippen molar-refractivity contribution in [1.82, 2.24) is 15.5 Å². The number of para-hydroxylation sites is 1. The molecule has 2 N–H and O–H groups in total. The maximum absolute atomic E-state index is 13.6. The van der Waals surface area contributed by atoms with E-state index >= 15 is 0 Å². The Bertz CT molecular complexity index is 813. The molecule has 1 aliphatic carbocycles. The van der Waals surface area contributed by atoms with Gasteiger partial charge in [-0.05, 0) is 76.6 Å². The number of benzene rings is 1. The van der Waals surface area contributed by atoms with Gasteiger partial charge in [-0.2, -0.15) is 0 Å². The lowest BCUT2D eigenvalue weighted by atomic mass is 9.73. The summed E-state index contributed by atoms with van der Waals surface area (Å²) in [4.78, 5) is 28.8. The predicted molar refractivity (Wildman–Crippen MR) is 135 cm³/mol. The Morgan fingerprint density at radius 1 is 0.971 bits per heavy atom. The van der Waals surface area contributed by atoms with E-state index in [1.165, 1.54) is 38.6 Å². The smallest absolute Gasteiger partial charge is 0.255 e. The van der Waals surface area contributed by atoms with Gasteiger partial charge in [0.2, 0.25) is 5.91 Å². The molecule has 6 heteroatoms. The van der Waals surface area contributed by atoms with Crippen molar-refractivity contribution in [3.05, 3.63) is 29.8 Å². The lowest BCUT2D eigenvalue weighted by Gasteiger charge is -2.42. The van der Waals surface area contributed by atoms with Crippen LogP contribution in [0.25, 0.3) is 0 Å². The number of nitrogens with zero attached hydrogens (tertiary/aromatic N) is 1. The molecule has 2 aliphatic heterocycles. The number of carbonyl (C=O) groups excluding carboxylic acids is 2. The number of likely N-dealkylation sites (tertiary alicyclic amines) is 1. The molecule has 34 heavy (non-hydrogen) atoms. The van der Waals surface area contributed by atoms with E-state index in [4.69, 9.17) is 4.74 Å². The quantitative estimate of drug-likeness (QED) is 0.667. The van der Waals surface area contributed by atoms with Crippen LogP contribution in [0.5, 0.6) is 5.75 Å². The minimum atomic E-state index is -0.279. The average Bonchev–Trinajstić information content (AvgIpc) is 2.86. The van der Waals surface area contributed by atoms with Crippen LogP contribution in [0.15, 0.2) is 24.3 Å². The van der Waals surface area contributed by atoms with Crippen LogP contribution in [-0.4, -0.2) is 55.5 Å². The fourth-order valence-corrected chi connectivity index (χ4v) is 5.96. The summed E-state index contributed by atoms with van der Waals surface area (Å²) in [7, 11) is 0. The van der Waals surface area contributed by atoms with Crippen LogP contribution in [0.4, 0.5) is 0 Å². The molecule has 4 rings (SSSR count). The SMILES string of the molecule is C[C@H]1COc2ccccc2C(=O)NCCCCCC2(CCN(CC3CCCCC3)CC2)C(=O)N1. The molecule has 1 aromatic carbocycles. The van der Waals surface area contributed by atoms with E-state index in [1.54, 1.807) is 6.07 Å². The van der Waals surface area contributed by atoms with Crippen molar-refractivity contribution >= 4 is 11.8 Å². The van der Waals surface area contributed by atoms with Gasteiger partial charge in [-0.1, -0.05) is 44.2 Å². The summed E-state index contributed by atoms with van der Waals surface area (Å²) < 4.78 is 5.99. The van der Waals surface area contributed by atoms with Crippen LogP contribution < -0.4 is 15.4 Å². The van der Waals surface area contributed by atoms with Crippen molar-refractivity contribution in [2.75, 3.05) is 32.8 Å². The number of hydrogen-bond donors (Lipinski definition) is 2. The van der Waals surface area contributed by atoms with Crippen molar-refractivity contribution in [1.29, 1.82) is 0 Å². The molecule has 2 heterocycles. The summed E-state index contributed by atoms with van der Waals surface area (Å²) in [5.74, 6) is 1.52. The lowest BCUT2D eigenvalue weighted by molar-refractivity contribution is -0.135. The zero-order chi connectivity index (χ0) is 23.8. The minimum absolute atomic E-state index is 0.0935. The molecular weight excluding hydrogens is 426 g/mol. The zero-order valence-corrected chi connectivity index (χ0v) is 20.9. The van der Waals surface area contributed by atoms with Gasteiger partial charge in [-0.25, -0.2) is 0 Å². The number of fused-ring (bicyclic) bond motifs is 1. The highest BCUT2D eigenvalue weighted by molar-refractivity contribution is 5.96. The second-order valence-electron chi connectivity index (χ2n) is 10.8. The van der Waals surface area contributed by atoms with Crippen LogP contribution in [0.1, 0.15) is 87.9 Å². The van der Waals surface area contributed by atoms with Crippen molar-refractivity contribution in [3.8, 4) is 5.75 Å². The third kappa shape index (κ3) is 6.53. The van der Waals surface area contributed by atoms with E-state index in [1.807, 2.05) is 25.1 Å². The van der Waals surface area contributed by atoms with Crippen molar-refractivity contribution < 1.29 is 14.3 Å².